The highest BCUT2D eigenvalue weighted by Gasteiger charge is 2.15. The molecule has 8 aromatic carbocycles. The molecule has 0 saturated heterocycles. The summed E-state index contributed by atoms with van der Waals surface area (Å²) in [6.45, 7) is 0. The number of thiophene rings is 4. The summed E-state index contributed by atoms with van der Waals surface area (Å²) in [5, 5.41) is 5.30. The van der Waals surface area contributed by atoms with Crippen LogP contribution >= 0.6 is 45.3 Å². The number of rotatable bonds is 6. The van der Waals surface area contributed by atoms with Crippen LogP contribution in [0.3, 0.4) is 0 Å². The third-order valence-corrected chi connectivity index (χ3v) is 16.1. The van der Waals surface area contributed by atoms with Gasteiger partial charge in [-0.05, 0) is 103 Å². The molecule has 0 aliphatic carbocycles. The molecule has 272 valence electrons. The molecule has 0 amide bonds. The van der Waals surface area contributed by atoms with E-state index in [2.05, 4.69) is 194 Å². The molecule has 4 aromatic heterocycles. The van der Waals surface area contributed by atoms with E-state index in [1.807, 2.05) is 45.3 Å². The molecule has 0 atom stereocenters. The molecule has 0 aliphatic heterocycles. The molecular weight excluding hydrogens is 777 g/mol. The summed E-state index contributed by atoms with van der Waals surface area (Å²) in [7, 11) is 0. The Balaban J connectivity index is 0.792. The first-order chi connectivity index (χ1) is 28.7. The summed E-state index contributed by atoms with van der Waals surface area (Å²) < 4.78 is 8.13. The van der Waals surface area contributed by atoms with Crippen LogP contribution < -0.4 is 0 Å². The van der Waals surface area contributed by atoms with Crippen LogP contribution in [-0.2, 0) is 0 Å². The van der Waals surface area contributed by atoms with E-state index in [0.29, 0.717) is 0 Å². The van der Waals surface area contributed by atoms with Crippen molar-refractivity contribution in [1.29, 1.82) is 0 Å². The van der Waals surface area contributed by atoms with Crippen LogP contribution in [0.4, 0.5) is 0 Å². The Morgan fingerprint density at radius 2 is 0.552 bits per heavy atom. The van der Waals surface area contributed by atoms with Gasteiger partial charge in [-0.3, -0.25) is 0 Å². The van der Waals surface area contributed by atoms with E-state index in [1.165, 1.54) is 115 Å². The topological polar surface area (TPSA) is 0 Å². The van der Waals surface area contributed by atoms with Crippen LogP contribution in [0.1, 0.15) is 0 Å². The zero-order chi connectivity index (χ0) is 38.2. The average Bonchev–Trinajstić information content (AvgIpc) is 4.08. The summed E-state index contributed by atoms with van der Waals surface area (Å²) in [4.78, 5) is 2.61. The molecule has 58 heavy (non-hydrogen) atoms. The van der Waals surface area contributed by atoms with Crippen molar-refractivity contribution in [2.24, 2.45) is 0 Å². The Labute approximate surface area is 352 Å². The highest BCUT2D eigenvalue weighted by atomic mass is 32.1. The normalized spacial score (nSPS) is 11.8. The smallest absolute Gasteiger partial charge is 0.0542 e. The lowest BCUT2D eigenvalue weighted by Gasteiger charge is -2.04. The Morgan fingerprint density at radius 1 is 0.224 bits per heavy atom. The van der Waals surface area contributed by atoms with E-state index in [-0.39, 0.29) is 0 Å². The SMILES string of the molecule is c1ccc(-c2ccc3cc(-c4ccc(-c5ccc6c(c5)sc5c7ccc(-c8ccc(-c9cc%10ccc(-c%11ccccc%11)cc%10s9)cc8)cc7sc65)cc4)sc3c2)cc1. The van der Waals surface area contributed by atoms with Gasteiger partial charge < -0.3 is 0 Å². The van der Waals surface area contributed by atoms with Gasteiger partial charge in [0.15, 0.2) is 0 Å². The van der Waals surface area contributed by atoms with Crippen LogP contribution in [0.2, 0.25) is 0 Å². The van der Waals surface area contributed by atoms with Crippen molar-refractivity contribution < 1.29 is 0 Å². The predicted octanol–water partition coefficient (Wildman–Crippen LogP) is 17.7. The maximum atomic E-state index is 2.38. The van der Waals surface area contributed by atoms with Gasteiger partial charge in [-0.2, -0.15) is 0 Å². The van der Waals surface area contributed by atoms with Crippen LogP contribution in [0, 0.1) is 0 Å². The molecule has 4 heterocycles. The van der Waals surface area contributed by atoms with Crippen molar-refractivity contribution >= 4 is 95.1 Å². The average molecular weight is 809 g/mol. The van der Waals surface area contributed by atoms with Gasteiger partial charge in [0.2, 0.25) is 0 Å². The van der Waals surface area contributed by atoms with Gasteiger partial charge in [0.1, 0.15) is 0 Å². The summed E-state index contributed by atoms with van der Waals surface area (Å²) >= 11 is 7.59. The molecule has 0 fully saturated rings. The Bertz CT molecular complexity index is 3230. The van der Waals surface area contributed by atoms with Crippen molar-refractivity contribution in [2.45, 2.75) is 0 Å². The first kappa shape index (κ1) is 33.9. The molecule has 0 spiro atoms. The molecule has 0 unspecified atom stereocenters. The van der Waals surface area contributed by atoms with E-state index < -0.39 is 0 Å². The lowest BCUT2D eigenvalue weighted by molar-refractivity contribution is 1.65. The van der Waals surface area contributed by atoms with Gasteiger partial charge in [0.25, 0.3) is 0 Å². The molecule has 12 rings (SSSR count). The number of fused-ring (bicyclic) bond motifs is 7. The molecular formula is C54H32S4. The summed E-state index contributed by atoms with van der Waals surface area (Å²) in [5.74, 6) is 0. The van der Waals surface area contributed by atoms with Gasteiger partial charge in [-0.1, -0.05) is 158 Å². The van der Waals surface area contributed by atoms with Gasteiger partial charge in [0.05, 0.1) is 9.40 Å². The van der Waals surface area contributed by atoms with Crippen molar-refractivity contribution in [3.8, 4) is 65.4 Å². The largest absolute Gasteiger partial charge is 0.135 e. The van der Waals surface area contributed by atoms with Crippen LogP contribution in [0.25, 0.3) is 115 Å². The minimum atomic E-state index is 1.25. The molecule has 0 N–H and O–H groups in total. The second-order valence-electron chi connectivity index (χ2n) is 14.9. The van der Waals surface area contributed by atoms with Gasteiger partial charge in [-0.15, -0.1) is 45.3 Å². The standard InChI is InChI=1S/C54H32S4/c1-3-7-33(8-4-1)39-19-21-43-31-47(55-49(43)27-39)37-15-11-35(12-16-37)41-23-25-45-51(29-41)57-54-46-26-24-42(30-52(46)58-53(45)54)36-13-17-38(18-14-36)48-32-44-22-20-40(28-50(44)56-48)34-9-5-2-6-10-34/h1-32H. The molecule has 0 bridgehead atoms. The van der Waals surface area contributed by atoms with Gasteiger partial charge in [0, 0.05) is 39.3 Å². The predicted molar refractivity (Wildman–Crippen MR) is 258 cm³/mol. The van der Waals surface area contributed by atoms with E-state index in [1.54, 1.807) is 0 Å². The number of benzene rings is 8. The first-order valence-corrected chi connectivity index (χ1v) is 22.7. The lowest BCUT2D eigenvalue weighted by Crippen LogP contribution is -1.78. The zero-order valence-electron chi connectivity index (χ0n) is 31.1. The molecule has 12 aromatic rings. The fourth-order valence-corrected chi connectivity index (χ4v) is 13.2. The monoisotopic (exact) mass is 808 g/mol. The minimum Gasteiger partial charge on any atom is -0.135 e. The molecule has 0 nitrogen and oxygen atoms in total. The fraction of sp³-hybridized carbons (Fsp3) is 0. The minimum absolute atomic E-state index is 1.25. The molecule has 0 radical (unpaired) electrons. The Morgan fingerprint density at radius 3 is 0.966 bits per heavy atom. The fourth-order valence-electron chi connectivity index (χ4n) is 8.24. The van der Waals surface area contributed by atoms with Gasteiger partial charge >= 0.3 is 0 Å². The summed E-state index contributed by atoms with van der Waals surface area (Å²) in [6.07, 6.45) is 0. The second kappa shape index (κ2) is 13.8. The third-order valence-electron chi connectivity index (χ3n) is 11.3. The summed E-state index contributed by atoms with van der Waals surface area (Å²) in [6, 6.07) is 71.8. The van der Waals surface area contributed by atoms with E-state index in [9.17, 15) is 0 Å². The second-order valence-corrected chi connectivity index (χ2v) is 19.2. The quantitative estimate of drug-likeness (QED) is 0.157. The maximum absolute atomic E-state index is 2.38. The lowest BCUT2D eigenvalue weighted by atomic mass is 10.0. The van der Waals surface area contributed by atoms with Gasteiger partial charge in [-0.25, -0.2) is 0 Å². The Hall–Kier alpha value is -6.14. The molecule has 4 heteroatoms. The maximum Gasteiger partial charge on any atom is 0.0542 e. The zero-order valence-corrected chi connectivity index (χ0v) is 34.4. The van der Waals surface area contributed by atoms with Crippen LogP contribution in [-0.4, -0.2) is 0 Å². The van der Waals surface area contributed by atoms with Crippen LogP contribution in [0.5, 0.6) is 0 Å². The molecule has 0 aliphatic rings. The number of hydrogen-bond acceptors (Lipinski definition) is 4. The summed E-state index contributed by atoms with van der Waals surface area (Å²) in [5.41, 5.74) is 12.6. The third kappa shape index (κ3) is 5.91. The van der Waals surface area contributed by atoms with E-state index >= 15 is 0 Å². The van der Waals surface area contributed by atoms with Crippen molar-refractivity contribution in [1.82, 2.24) is 0 Å². The highest BCUT2D eigenvalue weighted by Crippen LogP contribution is 2.46. The Kier molecular flexibility index (Phi) is 8.05. The highest BCUT2D eigenvalue weighted by molar-refractivity contribution is 7.36. The van der Waals surface area contributed by atoms with Crippen molar-refractivity contribution in [3.63, 3.8) is 0 Å². The first-order valence-electron chi connectivity index (χ1n) is 19.5. The number of hydrogen-bond donors (Lipinski definition) is 0. The van der Waals surface area contributed by atoms with E-state index in [0.717, 1.165) is 0 Å². The van der Waals surface area contributed by atoms with Crippen molar-refractivity contribution in [2.75, 3.05) is 0 Å². The molecule has 0 saturated carbocycles. The van der Waals surface area contributed by atoms with Crippen molar-refractivity contribution in [3.05, 3.63) is 194 Å². The van der Waals surface area contributed by atoms with E-state index in [4.69, 9.17) is 0 Å². The van der Waals surface area contributed by atoms with Crippen LogP contribution in [0.15, 0.2) is 194 Å².